The Morgan fingerprint density at radius 2 is 1.54 bits per heavy atom. The van der Waals surface area contributed by atoms with Crippen molar-refractivity contribution in [1.29, 1.82) is 0 Å². The Kier molecular flexibility index (Phi) is 3.52. The van der Waals surface area contributed by atoms with Gasteiger partial charge in [0.1, 0.15) is 5.75 Å². The lowest BCUT2D eigenvalue weighted by Crippen LogP contribution is -2.34. The Morgan fingerprint density at radius 1 is 0.846 bits per heavy atom. The molecule has 0 aliphatic carbocycles. The second-order valence-corrected chi connectivity index (χ2v) is 6.88. The molecule has 3 nitrogen and oxygen atoms in total. The summed E-state index contributed by atoms with van der Waals surface area (Å²) in [7, 11) is 0. The zero-order chi connectivity index (χ0) is 17.5. The molecule has 3 aromatic rings. The fourth-order valence-electron chi connectivity index (χ4n) is 3.91. The third-order valence-electron chi connectivity index (χ3n) is 5.26. The Bertz CT molecular complexity index is 980. The van der Waals surface area contributed by atoms with Crippen LogP contribution in [0, 0.1) is 6.92 Å². The van der Waals surface area contributed by atoms with Crippen molar-refractivity contribution in [2.75, 3.05) is 0 Å². The first-order valence-electron chi connectivity index (χ1n) is 9.03. The highest BCUT2D eigenvalue weighted by Gasteiger charge is 2.41. The average molecular weight is 340 g/mol. The average Bonchev–Trinajstić information content (AvgIpc) is 3.14. The van der Waals surface area contributed by atoms with Crippen LogP contribution in [0.2, 0.25) is 0 Å². The summed E-state index contributed by atoms with van der Waals surface area (Å²) in [6.45, 7) is 2.13. The highest BCUT2D eigenvalue weighted by atomic mass is 16.5. The van der Waals surface area contributed by atoms with E-state index in [1.165, 1.54) is 22.3 Å². The Labute approximate surface area is 153 Å². The third-order valence-corrected chi connectivity index (χ3v) is 5.26. The van der Waals surface area contributed by atoms with E-state index in [1.54, 1.807) is 0 Å². The number of ether oxygens (including phenoxy) is 1. The van der Waals surface area contributed by atoms with Gasteiger partial charge in [-0.25, -0.2) is 5.01 Å². The van der Waals surface area contributed by atoms with Crippen molar-refractivity contribution in [3.05, 3.63) is 101 Å². The second-order valence-electron chi connectivity index (χ2n) is 6.88. The van der Waals surface area contributed by atoms with Crippen molar-refractivity contribution >= 4 is 5.71 Å². The molecule has 0 radical (unpaired) electrons. The van der Waals surface area contributed by atoms with Crippen LogP contribution < -0.4 is 4.74 Å². The van der Waals surface area contributed by atoms with Crippen LogP contribution in [0.5, 0.6) is 5.75 Å². The van der Waals surface area contributed by atoms with Crippen LogP contribution in [0.15, 0.2) is 84.0 Å². The molecule has 0 N–H and O–H groups in total. The van der Waals surface area contributed by atoms with Crippen LogP contribution >= 0.6 is 0 Å². The molecule has 0 amide bonds. The van der Waals surface area contributed by atoms with Crippen molar-refractivity contribution in [3.8, 4) is 5.75 Å². The number of rotatable bonds is 2. The molecule has 2 aliphatic rings. The van der Waals surface area contributed by atoms with E-state index in [2.05, 4.69) is 78.7 Å². The van der Waals surface area contributed by atoms with E-state index in [1.807, 2.05) is 12.1 Å². The summed E-state index contributed by atoms with van der Waals surface area (Å²) in [5, 5.41) is 7.15. The van der Waals surface area contributed by atoms with E-state index in [4.69, 9.17) is 9.84 Å². The van der Waals surface area contributed by atoms with E-state index in [0.717, 1.165) is 17.9 Å². The van der Waals surface area contributed by atoms with Gasteiger partial charge in [0, 0.05) is 17.5 Å². The summed E-state index contributed by atoms with van der Waals surface area (Å²) >= 11 is 0. The van der Waals surface area contributed by atoms with Gasteiger partial charge in [-0.05, 0) is 24.1 Å². The molecule has 3 heteroatoms. The van der Waals surface area contributed by atoms with Gasteiger partial charge in [0.05, 0.1) is 11.8 Å². The van der Waals surface area contributed by atoms with E-state index >= 15 is 0 Å². The lowest BCUT2D eigenvalue weighted by Gasteiger charge is -2.38. The molecule has 2 atom stereocenters. The molecule has 2 aliphatic heterocycles. The first-order chi connectivity index (χ1) is 12.8. The lowest BCUT2D eigenvalue weighted by atomic mass is 9.95. The van der Waals surface area contributed by atoms with Gasteiger partial charge < -0.3 is 4.74 Å². The van der Waals surface area contributed by atoms with Gasteiger partial charge in [0.25, 0.3) is 0 Å². The quantitative estimate of drug-likeness (QED) is 0.637. The minimum atomic E-state index is -0.197. The fraction of sp³-hybridized carbons (Fsp3) is 0.174. The molecule has 0 fully saturated rings. The normalized spacial score (nSPS) is 20.8. The minimum absolute atomic E-state index is 0.197. The molecule has 3 aromatic carbocycles. The number of hydrogen-bond donors (Lipinski definition) is 0. The second kappa shape index (κ2) is 6.03. The van der Waals surface area contributed by atoms with Gasteiger partial charge in [-0.2, -0.15) is 5.10 Å². The van der Waals surface area contributed by atoms with Crippen LogP contribution in [0.25, 0.3) is 0 Å². The molecule has 5 rings (SSSR count). The van der Waals surface area contributed by atoms with Gasteiger partial charge in [0.15, 0.2) is 0 Å². The summed E-state index contributed by atoms with van der Waals surface area (Å²) in [4.78, 5) is 0. The number of aryl methyl sites for hydroxylation is 1. The Hall–Kier alpha value is -3.07. The number of nitrogens with zero attached hydrogens (tertiary/aromatic N) is 2. The molecule has 0 aromatic heterocycles. The number of fused-ring (bicyclic) bond motifs is 3. The third kappa shape index (κ3) is 2.39. The molecule has 26 heavy (non-hydrogen) atoms. The largest absolute Gasteiger partial charge is 0.464 e. The van der Waals surface area contributed by atoms with Crippen molar-refractivity contribution in [1.82, 2.24) is 5.01 Å². The summed E-state index contributed by atoms with van der Waals surface area (Å²) in [5.74, 6) is 0.964. The Balaban J connectivity index is 1.63. The molecule has 0 saturated carbocycles. The SMILES string of the molecule is Cc1ccccc1C1Oc2ccccc2C2CC(c3ccccc3)=NN21. The van der Waals surface area contributed by atoms with Gasteiger partial charge in [-0.3, -0.25) is 0 Å². The fourth-order valence-corrected chi connectivity index (χ4v) is 3.91. The summed E-state index contributed by atoms with van der Waals surface area (Å²) < 4.78 is 6.42. The van der Waals surface area contributed by atoms with Crippen LogP contribution in [-0.2, 0) is 0 Å². The van der Waals surface area contributed by atoms with E-state index in [0.29, 0.717) is 0 Å². The molecule has 0 saturated heterocycles. The van der Waals surface area contributed by atoms with Crippen LogP contribution in [0.1, 0.15) is 40.9 Å². The zero-order valence-electron chi connectivity index (χ0n) is 14.7. The number of hydrazone groups is 1. The van der Waals surface area contributed by atoms with E-state index in [9.17, 15) is 0 Å². The van der Waals surface area contributed by atoms with Gasteiger partial charge in [-0.1, -0.05) is 72.8 Å². The summed E-state index contributed by atoms with van der Waals surface area (Å²) in [6.07, 6.45) is 0.699. The molecule has 128 valence electrons. The number of hydrogen-bond acceptors (Lipinski definition) is 3. The standard InChI is InChI=1S/C23H20N2O/c1-16-9-5-6-12-18(16)23-25-21(19-13-7-8-14-22(19)26-23)15-20(24-25)17-10-3-2-4-11-17/h2-14,21,23H,15H2,1H3. The molecule has 2 unspecified atom stereocenters. The summed E-state index contributed by atoms with van der Waals surface area (Å²) in [6, 6.07) is 27.4. The predicted octanol–water partition coefficient (Wildman–Crippen LogP) is 5.24. The molecule has 2 heterocycles. The van der Waals surface area contributed by atoms with Crippen molar-refractivity contribution < 1.29 is 4.74 Å². The first kappa shape index (κ1) is 15.2. The lowest BCUT2D eigenvalue weighted by molar-refractivity contribution is -0.0194. The van der Waals surface area contributed by atoms with Crippen LogP contribution in [0.4, 0.5) is 0 Å². The highest BCUT2D eigenvalue weighted by Crippen LogP contribution is 2.47. The van der Waals surface area contributed by atoms with Gasteiger partial charge >= 0.3 is 0 Å². The summed E-state index contributed by atoms with van der Waals surface area (Å²) in [5.41, 5.74) is 5.91. The maximum absolute atomic E-state index is 6.42. The zero-order valence-corrected chi connectivity index (χ0v) is 14.7. The smallest absolute Gasteiger partial charge is 0.214 e. The predicted molar refractivity (Wildman–Crippen MR) is 103 cm³/mol. The monoisotopic (exact) mass is 340 g/mol. The van der Waals surface area contributed by atoms with Gasteiger partial charge in [-0.15, -0.1) is 0 Å². The van der Waals surface area contributed by atoms with E-state index in [-0.39, 0.29) is 12.3 Å². The van der Waals surface area contributed by atoms with Crippen molar-refractivity contribution in [3.63, 3.8) is 0 Å². The highest BCUT2D eigenvalue weighted by molar-refractivity contribution is 6.01. The number of para-hydroxylation sites is 1. The minimum Gasteiger partial charge on any atom is -0.464 e. The molecular weight excluding hydrogens is 320 g/mol. The van der Waals surface area contributed by atoms with Crippen molar-refractivity contribution in [2.45, 2.75) is 25.6 Å². The maximum atomic E-state index is 6.42. The van der Waals surface area contributed by atoms with Crippen LogP contribution in [-0.4, -0.2) is 10.7 Å². The molecular formula is C23H20N2O. The Morgan fingerprint density at radius 3 is 2.35 bits per heavy atom. The molecule has 0 spiro atoms. The van der Waals surface area contributed by atoms with Crippen LogP contribution in [0.3, 0.4) is 0 Å². The first-order valence-corrected chi connectivity index (χ1v) is 9.03. The maximum Gasteiger partial charge on any atom is 0.214 e. The van der Waals surface area contributed by atoms with Gasteiger partial charge in [0.2, 0.25) is 6.23 Å². The number of benzene rings is 3. The van der Waals surface area contributed by atoms with Crippen molar-refractivity contribution in [2.24, 2.45) is 5.10 Å². The van der Waals surface area contributed by atoms with E-state index < -0.39 is 0 Å². The molecule has 0 bridgehead atoms. The topological polar surface area (TPSA) is 24.8 Å².